The molecule has 0 bridgehead atoms. The second-order valence-electron chi connectivity index (χ2n) is 5.25. The maximum Gasteiger partial charge on any atom is 0.276 e. The van der Waals surface area contributed by atoms with Crippen molar-refractivity contribution in [1.82, 2.24) is 10.5 Å². The zero-order valence-electron chi connectivity index (χ0n) is 11.8. The maximum atomic E-state index is 13.9. The minimum absolute atomic E-state index is 0.0901. The first-order valence-corrected chi connectivity index (χ1v) is 7.05. The summed E-state index contributed by atoms with van der Waals surface area (Å²) in [7, 11) is 0. The number of pyridine rings is 1. The summed E-state index contributed by atoms with van der Waals surface area (Å²) < 4.78 is 19.2. The van der Waals surface area contributed by atoms with E-state index in [1.165, 1.54) is 30.3 Å². The summed E-state index contributed by atoms with van der Waals surface area (Å²) in [5.41, 5.74) is 2.59. The summed E-state index contributed by atoms with van der Waals surface area (Å²) in [5, 5.41) is 8.50. The minimum atomic E-state index is -0.831. The van der Waals surface area contributed by atoms with Crippen LogP contribution in [-0.4, -0.2) is 16.1 Å². The Labute approximate surface area is 126 Å². The third-order valence-electron chi connectivity index (χ3n) is 3.84. The summed E-state index contributed by atoms with van der Waals surface area (Å²) in [6.45, 7) is 0. The number of aromatic nitrogens is 1. The fourth-order valence-corrected chi connectivity index (χ4v) is 2.35. The van der Waals surface area contributed by atoms with Gasteiger partial charge in [0.25, 0.3) is 11.8 Å². The second-order valence-corrected chi connectivity index (χ2v) is 5.25. The molecule has 1 aliphatic carbocycles. The van der Waals surface area contributed by atoms with Crippen molar-refractivity contribution in [2.24, 2.45) is 0 Å². The van der Waals surface area contributed by atoms with Crippen molar-refractivity contribution in [3.63, 3.8) is 0 Å². The molecule has 1 aliphatic rings. The molecule has 0 spiro atoms. The Morgan fingerprint density at radius 3 is 2.59 bits per heavy atom. The lowest BCUT2D eigenvalue weighted by molar-refractivity contribution is 0.0705. The monoisotopic (exact) mass is 302 g/mol. The van der Waals surface area contributed by atoms with E-state index in [4.69, 9.17) is 9.94 Å². The summed E-state index contributed by atoms with van der Waals surface area (Å²) >= 11 is 0. The quantitative estimate of drug-likeness (QED) is 0.670. The molecule has 0 radical (unpaired) electrons. The molecule has 2 N–H and O–H groups in total. The van der Waals surface area contributed by atoms with Crippen LogP contribution in [0.5, 0.6) is 11.6 Å². The largest absolute Gasteiger partial charge is 0.436 e. The molecule has 114 valence electrons. The van der Waals surface area contributed by atoms with Gasteiger partial charge in [0.1, 0.15) is 5.75 Å². The van der Waals surface area contributed by atoms with E-state index in [1.54, 1.807) is 12.1 Å². The van der Waals surface area contributed by atoms with Crippen LogP contribution < -0.4 is 10.2 Å². The molecule has 1 aromatic carbocycles. The smallest absolute Gasteiger partial charge is 0.276 e. The Hall–Kier alpha value is -2.47. The average Bonchev–Trinajstić information content (AvgIpc) is 2.48. The number of hydroxylamine groups is 1. The molecule has 0 atom stereocenters. The molecule has 6 heteroatoms. The Morgan fingerprint density at radius 1 is 1.32 bits per heavy atom. The van der Waals surface area contributed by atoms with Gasteiger partial charge >= 0.3 is 0 Å². The van der Waals surface area contributed by atoms with E-state index in [0.717, 1.165) is 12.3 Å². The van der Waals surface area contributed by atoms with Crippen LogP contribution in [0.15, 0.2) is 36.5 Å². The van der Waals surface area contributed by atoms with E-state index in [1.807, 2.05) is 12.1 Å². The number of nitrogens with zero attached hydrogens (tertiary/aromatic N) is 1. The molecule has 0 unspecified atom stereocenters. The molecule has 1 aromatic heterocycles. The van der Waals surface area contributed by atoms with Crippen molar-refractivity contribution >= 4 is 5.91 Å². The Bertz CT molecular complexity index is 684. The number of halogens is 1. The molecule has 1 fully saturated rings. The first kappa shape index (κ1) is 14.5. The highest BCUT2D eigenvalue weighted by Crippen LogP contribution is 2.37. The molecule has 5 nitrogen and oxygen atoms in total. The number of nitrogens with one attached hydrogen (secondary N) is 1. The minimum Gasteiger partial charge on any atom is -0.436 e. The molecule has 2 aromatic rings. The zero-order chi connectivity index (χ0) is 15.5. The molecular weight excluding hydrogens is 287 g/mol. The summed E-state index contributed by atoms with van der Waals surface area (Å²) in [4.78, 5) is 14.9. The predicted molar refractivity (Wildman–Crippen MR) is 76.6 cm³/mol. The Morgan fingerprint density at radius 2 is 2.05 bits per heavy atom. The standard InChI is InChI=1S/C16H15FN2O3/c17-14-8-12(15(20)19-21)9-18-16(14)22-13-6-4-11(5-7-13)10-2-1-3-10/h4-10,21H,1-3H2,(H,19,20). The van der Waals surface area contributed by atoms with Crippen molar-refractivity contribution in [3.05, 3.63) is 53.5 Å². The van der Waals surface area contributed by atoms with E-state index >= 15 is 0 Å². The Kier molecular flexibility index (Phi) is 4.02. The maximum absolute atomic E-state index is 13.9. The topological polar surface area (TPSA) is 71.5 Å². The fourth-order valence-electron chi connectivity index (χ4n) is 2.35. The highest BCUT2D eigenvalue weighted by atomic mass is 19.1. The first-order chi connectivity index (χ1) is 10.7. The van der Waals surface area contributed by atoms with E-state index in [2.05, 4.69) is 4.98 Å². The number of benzene rings is 1. The third-order valence-corrected chi connectivity index (χ3v) is 3.84. The van der Waals surface area contributed by atoms with Crippen LogP contribution in [0.4, 0.5) is 4.39 Å². The summed E-state index contributed by atoms with van der Waals surface area (Å²) in [6, 6.07) is 8.47. The van der Waals surface area contributed by atoms with Gasteiger partial charge in [0.2, 0.25) is 0 Å². The Balaban J connectivity index is 1.73. The SMILES string of the molecule is O=C(NO)c1cnc(Oc2ccc(C3CCC3)cc2)c(F)c1. The van der Waals surface area contributed by atoms with Crippen molar-refractivity contribution < 1.29 is 19.1 Å². The van der Waals surface area contributed by atoms with Crippen LogP contribution in [-0.2, 0) is 0 Å². The fraction of sp³-hybridized carbons (Fsp3) is 0.250. The highest BCUT2D eigenvalue weighted by Gasteiger charge is 2.19. The molecule has 1 amide bonds. The highest BCUT2D eigenvalue weighted by molar-refractivity contribution is 5.93. The summed E-state index contributed by atoms with van der Waals surface area (Å²) in [6.07, 6.45) is 4.83. The lowest BCUT2D eigenvalue weighted by Crippen LogP contribution is -2.19. The molecule has 0 saturated heterocycles. The van der Waals surface area contributed by atoms with Crippen molar-refractivity contribution in [2.45, 2.75) is 25.2 Å². The molecular formula is C16H15FN2O3. The normalized spacial score (nSPS) is 14.3. The molecule has 22 heavy (non-hydrogen) atoms. The lowest BCUT2D eigenvalue weighted by Gasteiger charge is -2.25. The third kappa shape index (κ3) is 2.92. The van der Waals surface area contributed by atoms with Crippen LogP contribution >= 0.6 is 0 Å². The lowest BCUT2D eigenvalue weighted by atomic mass is 9.80. The number of amides is 1. The number of ether oxygens (including phenoxy) is 1. The van der Waals surface area contributed by atoms with Gasteiger partial charge in [-0.05, 0) is 42.5 Å². The van der Waals surface area contributed by atoms with Crippen LogP contribution in [0.3, 0.4) is 0 Å². The molecule has 1 saturated carbocycles. The van der Waals surface area contributed by atoms with E-state index in [-0.39, 0.29) is 11.4 Å². The van der Waals surface area contributed by atoms with Gasteiger partial charge in [0, 0.05) is 6.20 Å². The van der Waals surface area contributed by atoms with Crippen LogP contribution in [0.2, 0.25) is 0 Å². The van der Waals surface area contributed by atoms with Gasteiger partial charge in [0.05, 0.1) is 5.56 Å². The zero-order valence-corrected chi connectivity index (χ0v) is 11.8. The van der Waals surface area contributed by atoms with Gasteiger partial charge in [-0.15, -0.1) is 0 Å². The van der Waals surface area contributed by atoms with Crippen molar-refractivity contribution in [1.29, 1.82) is 0 Å². The van der Waals surface area contributed by atoms with Gasteiger partial charge in [-0.3, -0.25) is 10.0 Å². The summed E-state index contributed by atoms with van der Waals surface area (Å²) in [5.74, 6) is -0.716. The van der Waals surface area contributed by atoms with Crippen LogP contribution in [0, 0.1) is 5.82 Å². The molecule has 1 heterocycles. The van der Waals surface area contributed by atoms with Gasteiger partial charge in [-0.25, -0.2) is 14.9 Å². The molecule has 0 aliphatic heterocycles. The number of hydrogen-bond donors (Lipinski definition) is 2. The van der Waals surface area contributed by atoms with Gasteiger partial charge < -0.3 is 4.74 Å². The van der Waals surface area contributed by atoms with Gasteiger partial charge in [-0.2, -0.15) is 0 Å². The van der Waals surface area contributed by atoms with Gasteiger partial charge in [0.15, 0.2) is 5.82 Å². The number of hydrogen-bond acceptors (Lipinski definition) is 4. The second kappa shape index (κ2) is 6.11. The molecule has 3 rings (SSSR count). The number of rotatable bonds is 4. The van der Waals surface area contributed by atoms with Crippen molar-refractivity contribution in [2.75, 3.05) is 0 Å². The number of carbonyl (C=O) groups excluding carboxylic acids is 1. The number of carbonyl (C=O) groups is 1. The average molecular weight is 302 g/mol. The van der Waals surface area contributed by atoms with Crippen LogP contribution in [0.25, 0.3) is 0 Å². The van der Waals surface area contributed by atoms with E-state index in [0.29, 0.717) is 11.7 Å². The van der Waals surface area contributed by atoms with Gasteiger partial charge in [-0.1, -0.05) is 18.6 Å². The first-order valence-electron chi connectivity index (χ1n) is 7.05. The van der Waals surface area contributed by atoms with Crippen molar-refractivity contribution in [3.8, 4) is 11.6 Å². The van der Waals surface area contributed by atoms with E-state index < -0.39 is 11.7 Å². The predicted octanol–water partition coefficient (Wildman–Crippen LogP) is 3.40. The van der Waals surface area contributed by atoms with E-state index in [9.17, 15) is 9.18 Å². The van der Waals surface area contributed by atoms with Crippen LogP contribution in [0.1, 0.15) is 41.1 Å².